The van der Waals surface area contributed by atoms with Crippen LogP contribution in [0.4, 0.5) is 5.69 Å². The first-order valence-corrected chi connectivity index (χ1v) is 8.16. The predicted molar refractivity (Wildman–Crippen MR) is 97.1 cm³/mol. The molecule has 0 saturated carbocycles. The number of rotatable bonds is 3. The van der Waals surface area contributed by atoms with Crippen molar-refractivity contribution in [3.05, 3.63) is 64.1 Å². The van der Waals surface area contributed by atoms with Gasteiger partial charge >= 0.3 is 5.97 Å². The second-order valence-corrected chi connectivity index (χ2v) is 6.41. The number of aliphatic imine (C=N–C) groups is 1. The average Bonchev–Trinajstić information content (AvgIpc) is 2.91. The molecule has 1 fully saturated rings. The maximum atomic E-state index is 12.1. The molecule has 0 unspecified atom stereocenters. The molecule has 126 valence electrons. The summed E-state index contributed by atoms with van der Waals surface area (Å²) >= 11 is 1.18. The number of aromatic hydroxyl groups is 1. The van der Waals surface area contributed by atoms with E-state index in [0.717, 1.165) is 11.1 Å². The summed E-state index contributed by atoms with van der Waals surface area (Å²) in [7, 11) is 0. The van der Waals surface area contributed by atoms with Gasteiger partial charge in [-0.05, 0) is 60.2 Å². The number of carboxylic acids is 1. The predicted octanol–water partition coefficient (Wildman–Crippen LogP) is 3.29. The maximum absolute atomic E-state index is 12.1. The van der Waals surface area contributed by atoms with Crippen LogP contribution in [0, 0.1) is 6.92 Å². The Bertz CT molecular complexity index is 917. The minimum atomic E-state index is -1.03. The lowest BCUT2D eigenvalue weighted by molar-refractivity contribution is -0.115. The van der Waals surface area contributed by atoms with Gasteiger partial charge in [0, 0.05) is 0 Å². The van der Waals surface area contributed by atoms with E-state index in [9.17, 15) is 14.7 Å². The highest BCUT2D eigenvalue weighted by molar-refractivity contribution is 8.18. The number of carbonyl (C=O) groups is 2. The molecule has 2 aromatic rings. The normalized spacial score (nSPS) is 17.1. The average molecular weight is 354 g/mol. The Hall–Kier alpha value is -3.06. The first-order chi connectivity index (χ1) is 11.9. The molecule has 1 aliphatic heterocycles. The number of hydrogen-bond donors (Lipinski definition) is 3. The molecule has 1 heterocycles. The highest BCUT2D eigenvalue weighted by atomic mass is 32.2. The van der Waals surface area contributed by atoms with Gasteiger partial charge in [0.05, 0.1) is 16.2 Å². The Balaban J connectivity index is 1.87. The lowest BCUT2D eigenvalue weighted by Gasteiger charge is -2.03. The van der Waals surface area contributed by atoms with Crippen molar-refractivity contribution in [2.75, 3.05) is 0 Å². The Kier molecular flexibility index (Phi) is 4.58. The molecular formula is C18H14N2O4S. The number of carboxylic acid groups (broad SMARTS) is 1. The number of amidine groups is 1. The molecule has 1 saturated heterocycles. The van der Waals surface area contributed by atoms with E-state index in [0.29, 0.717) is 15.8 Å². The van der Waals surface area contributed by atoms with Crippen molar-refractivity contribution in [2.45, 2.75) is 6.92 Å². The molecule has 0 aromatic heterocycles. The molecule has 0 bridgehead atoms. The van der Waals surface area contributed by atoms with Crippen LogP contribution < -0.4 is 5.32 Å². The molecule has 0 atom stereocenters. The van der Waals surface area contributed by atoms with Gasteiger partial charge in [-0.2, -0.15) is 0 Å². The van der Waals surface area contributed by atoms with Gasteiger partial charge in [-0.15, -0.1) is 0 Å². The number of nitrogens with zero attached hydrogens (tertiary/aromatic N) is 1. The standard InChI is InChI=1S/C18H14N2O4S/c1-10-2-5-12(17(23)24)9-14(10)19-18-20-16(22)15(25-18)8-11-3-6-13(21)7-4-11/h2-9,21H,1H3,(H,23,24)(H,19,20,22). The number of nitrogens with one attached hydrogen (secondary N) is 1. The number of hydrogen-bond acceptors (Lipinski definition) is 5. The number of amides is 1. The van der Waals surface area contributed by atoms with Crippen molar-refractivity contribution < 1.29 is 19.8 Å². The van der Waals surface area contributed by atoms with Crippen molar-refractivity contribution in [3.8, 4) is 5.75 Å². The van der Waals surface area contributed by atoms with E-state index in [-0.39, 0.29) is 17.2 Å². The third kappa shape index (κ3) is 3.89. The number of aryl methyl sites for hydroxylation is 1. The number of carbonyl (C=O) groups excluding carboxylic acids is 1. The van der Waals surface area contributed by atoms with E-state index < -0.39 is 5.97 Å². The summed E-state index contributed by atoms with van der Waals surface area (Å²) in [6.45, 7) is 1.82. The number of benzene rings is 2. The summed E-state index contributed by atoms with van der Waals surface area (Å²) in [6.07, 6.45) is 1.70. The van der Waals surface area contributed by atoms with Crippen LogP contribution in [-0.2, 0) is 4.79 Å². The monoisotopic (exact) mass is 354 g/mol. The Labute approximate surface area is 147 Å². The van der Waals surface area contributed by atoms with Crippen molar-refractivity contribution in [2.24, 2.45) is 4.99 Å². The number of phenols is 1. The third-order valence-electron chi connectivity index (χ3n) is 3.52. The minimum Gasteiger partial charge on any atom is -0.508 e. The van der Waals surface area contributed by atoms with Crippen LogP contribution in [-0.4, -0.2) is 27.3 Å². The number of aromatic carboxylic acids is 1. The van der Waals surface area contributed by atoms with E-state index in [2.05, 4.69) is 10.3 Å². The fourth-order valence-corrected chi connectivity index (χ4v) is 3.01. The summed E-state index contributed by atoms with van der Waals surface area (Å²) in [4.78, 5) is 28.0. The zero-order valence-corrected chi connectivity index (χ0v) is 14.0. The third-order valence-corrected chi connectivity index (χ3v) is 4.43. The topological polar surface area (TPSA) is 99.0 Å². The summed E-state index contributed by atoms with van der Waals surface area (Å²) < 4.78 is 0. The van der Waals surface area contributed by atoms with E-state index >= 15 is 0 Å². The second-order valence-electron chi connectivity index (χ2n) is 5.38. The summed E-state index contributed by atoms with van der Waals surface area (Å²) in [6, 6.07) is 11.1. The van der Waals surface area contributed by atoms with Crippen LogP contribution in [0.5, 0.6) is 5.75 Å². The summed E-state index contributed by atoms with van der Waals surface area (Å²) in [5.41, 5.74) is 2.22. The highest BCUT2D eigenvalue weighted by Crippen LogP contribution is 2.29. The van der Waals surface area contributed by atoms with E-state index in [1.807, 2.05) is 6.92 Å². The molecule has 0 aliphatic carbocycles. The molecular weight excluding hydrogens is 340 g/mol. The SMILES string of the molecule is Cc1ccc(C(=O)O)cc1N=C1NC(=O)C(=Cc2ccc(O)cc2)S1. The Morgan fingerprint density at radius 3 is 2.60 bits per heavy atom. The molecule has 1 amide bonds. The second kappa shape index (κ2) is 6.82. The van der Waals surface area contributed by atoms with Gasteiger partial charge in [0.1, 0.15) is 5.75 Å². The molecule has 25 heavy (non-hydrogen) atoms. The molecule has 2 aromatic carbocycles. The van der Waals surface area contributed by atoms with Crippen molar-refractivity contribution in [1.82, 2.24) is 5.32 Å². The Morgan fingerprint density at radius 1 is 1.20 bits per heavy atom. The van der Waals surface area contributed by atoms with Crippen LogP contribution in [0.15, 0.2) is 52.4 Å². The highest BCUT2D eigenvalue weighted by Gasteiger charge is 2.24. The number of thioether (sulfide) groups is 1. The zero-order valence-electron chi connectivity index (χ0n) is 13.2. The largest absolute Gasteiger partial charge is 0.508 e. The molecule has 6 nitrogen and oxygen atoms in total. The maximum Gasteiger partial charge on any atom is 0.335 e. The molecule has 0 spiro atoms. The van der Waals surface area contributed by atoms with E-state index in [4.69, 9.17) is 5.11 Å². The van der Waals surface area contributed by atoms with Gasteiger partial charge in [0.15, 0.2) is 5.17 Å². The first-order valence-electron chi connectivity index (χ1n) is 7.35. The molecule has 7 heteroatoms. The van der Waals surface area contributed by atoms with Crippen molar-refractivity contribution >= 4 is 40.6 Å². The van der Waals surface area contributed by atoms with E-state index in [1.54, 1.807) is 36.4 Å². The van der Waals surface area contributed by atoms with Gasteiger partial charge in [0.2, 0.25) is 0 Å². The van der Waals surface area contributed by atoms with Gasteiger partial charge in [-0.3, -0.25) is 4.79 Å². The van der Waals surface area contributed by atoms with Crippen LogP contribution in [0.2, 0.25) is 0 Å². The summed E-state index contributed by atoms with van der Waals surface area (Å²) in [5, 5.41) is 21.4. The van der Waals surface area contributed by atoms with Crippen LogP contribution in [0.3, 0.4) is 0 Å². The lowest BCUT2D eigenvalue weighted by Crippen LogP contribution is -2.19. The smallest absolute Gasteiger partial charge is 0.335 e. The molecule has 0 radical (unpaired) electrons. The molecule has 1 aliphatic rings. The van der Waals surface area contributed by atoms with Crippen molar-refractivity contribution in [3.63, 3.8) is 0 Å². The molecule has 3 rings (SSSR count). The fourth-order valence-electron chi connectivity index (χ4n) is 2.17. The Morgan fingerprint density at radius 2 is 1.92 bits per heavy atom. The van der Waals surface area contributed by atoms with Crippen molar-refractivity contribution in [1.29, 1.82) is 0 Å². The lowest BCUT2D eigenvalue weighted by atomic mass is 10.1. The zero-order chi connectivity index (χ0) is 18.0. The first kappa shape index (κ1) is 16.8. The fraction of sp³-hybridized carbons (Fsp3) is 0.0556. The minimum absolute atomic E-state index is 0.138. The van der Waals surface area contributed by atoms with E-state index in [1.165, 1.54) is 23.9 Å². The molecule has 3 N–H and O–H groups in total. The van der Waals surface area contributed by atoms with Crippen LogP contribution in [0.1, 0.15) is 21.5 Å². The van der Waals surface area contributed by atoms with Gasteiger partial charge in [-0.25, -0.2) is 9.79 Å². The van der Waals surface area contributed by atoms with Gasteiger partial charge in [0.25, 0.3) is 5.91 Å². The number of phenolic OH excluding ortho intramolecular Hbond substituents is 1. The summed E-state index contributed by atoms with van der Waals surface area (Å²) in [5.74, 6) is -1.15. The van der Waals surface area contributed by atoms with Crippen LogP contribution in [0.25, 0.3) is 6.08 Å². The quantitative estimate of drug-likeness (QED) is 0.735. The van der Waals surface area contributed by atoms with Crippen LogP contribution >= 0.6 is 11.8 Å². The van der Waals surface area contributed by atoms with Gasteiger partial charge in [-0.1, -0.05) is 18.2 Å². The van der Waals surface area contributed by atoms with Gasteiger partial charge < -0.3 is 15.5 Å².